The molecule has 1 aliphatic rings. The van der Waals surface area contributed by atoms with Crippen LogP contribution in [0.5, 0.6) is 0 Å². The number of rotatable bonds is 4. The number of hydrogen-bond donors (Lipinski definition) is 2. The van der Waals surface area contributed by atoms with Gasteiger partial charge in [0.2, 0.25) is 0 Å². The number of hydrogen-bond acceptors (Lipinski definition) is 3. The molecule has 0 unspecified atom stereocenters. The molecule has 0 spiro atoms. The van der Waals surface area contributed by atoms with Crippen molar-refractivity contribution in [2.75, 3.05) is 0 Å². The van der Waals surface area contributed by atoms with Gasteiger partial charge in [0.25, 0.3) is 0 Å². The highest BCUT2D eigenvalue weighted by Gasteiger charge is 2.29. The first kappa shape index (κ1) is 21.8. The fraction of sp³-hybridized carbons (Fsp3) is 0.333. The molecule has 0 amide bonds. The standard InChI is InChI=1S/C24H24BrF2N3O/c1-14(24(30-31)29-18-7-8-22(27)21(25)13-18)15-2-4-16(5-3-15)19-10-11-28-23-9-6-17(26)12-20(19)23/h6-16,31H,2-5H2,1H3,(H,29,30)/t14-,15?,16?/m0/s1. The average Bonchev–Trinajstić information content (AvgIpc) is 2.79. The van der Waals surface area contributed by atoms with E-state index in [1.165, 1.54) is 12.1 Å². The lowest BCUT2D eigenvalue weighted by molar-refractivity contribution is 0.213. The molecule has 2 aromatic carbocycles. The molecule has 1 fully saturated rings. The van der Waals surface area contributed by atoms with Crippen molar-refractivity contribution in [2.24, 2.45) is 16.8 Å². The van der Waals surface area contributed by atoms with Crippen molar-refractivity contribution in [3.63, 3.8) is 0 Å². The fourth-order valence-electron chi connectivity index (χ4n) is 4.57. The summed E-state index contributed by atoms with van der Waals surface area (Å²) >= 11 is 3.17. The maximum Gasteiger partial charge on any atom is 0.137 e. The Morgan fingerprint density at radius 2 is 1.90 bits per heavy atom. The monoisotopic (exact) mass is 487 g/mol. The van der Waals surface area contributed by atoms with E-state index in [9.17, 15) is 14.0 Å². The summed E-state index contributed by atoms with van der Waals surface area (Å²) in [6.07, 6.45) is 5.69. The van der Waals surface area contributed by atoms with Gasteiger partial charge in [0.05, 0.1) is 15.7 Å². The van der Waals surface area contributed by atoms with Crippen LogP contribution < -0.4 is 5.48 Å². The Balaban J connectivity index is 1.48. The van der Waals surface area contributed by atoms with Crippen LogP contribution in [0.2, 0.25) is 0 Å². The molecule has 0 bridgehead atoms. The Bertz CT molecular complexity index is 1110. The van der Waals surface area contributed by atoms with Crippen molar-refractivity contribution in [3.8, 4) is 0 Å². The lowest BCUT2D eigenvalue weighted by atomic mass is 9.73. The largest absolute Gasteiger partial charge is 0.290 e. The predicted octanol–water partition coefficient (Wildman–Crippen LogP) is 6.89. The molecule has 31 heavy (non-hydrogen) atoms. The first-order chi connectivity index (χ1) is 15.0. The van der Waals surface area contributed by atoms with Gasteiger partial charge in [-0.15, -0.1) is 0 Å². The van der Waals surface area contributed by atoms with Crippen LogP contribution in [0, 0.1) is 23.5 Å². The topological polar surface area (TPSA) is 57.5 Å². The molecule has 1 aromatic heterocycles. The average molecular weight is 488 g/mol. The van der Waals surface area contributed by atoms with Gasteiger partial charge in [-0.05, 0) is 101 Å². The maximum atomic E-state index is 13.8. The number of benzene rings is 2. The van der Waals surface area contributed by atoms with Crippen LogP contribution in [-0.4, -0.2) is 16.0 Å². The third-order valence-electron chi connectivity index (χ3n) is 6.35. The Morgan fingerprint density at radius 3 is 2.61 bits per heavy atom. The zero-order chi connectivity index (χ0) is 22.0. The lowest BCUT2D eigenvalue weighted by Crippen LogP contribution is -2.33. The van der Waals surface area contributed by atoms with Crippen LogP contribution in [-0.2, 0) is 0 Å². The van der Waals surface area contributed by atoms with Gasteiger partial charge in [0, 0.05) is 17.5 Å². The summed E-state index contributed by atoms with van der Waals surface area (Å²) in [4.78, 5) is 8.85. The minimum absolute atomic E-state index is 0.0152. The summed E-state index contributed by atoms with van der Waals surface area (Å²) in [5.41, 5.74) is 4.78. The van der Waals surface area contributed by atoms with E-state index in [0.717, 1.165) is 42.1 Å². The van der Waals surface area contributed by atoms with Crippen molar-refractivity contribution in [1.29, 1.82) is 0 Å². The van der Waals surface area contributed by atoms with E-state index in [1.807, 2.05) is 13.0 Å². The number of halogens is 3. The summed E-state index contributed by atoms with van der Waals surface area (Å²) < 4.78 is 27.6. The maximum absolute atomic E-state index is 13.8. The van der Waals surface area contributed by atoms with Crippen molar-refractivity contribution in [2.45, 2.75) is 38.5 Å². The highest BCUT2D eigenvalue weighted by atomic mass is 79.9. The summed E-state index contributed by atoms with van der Waals surface area (Å²) in [5, 5.41) is 10.6. The molecule has 3 aromatic rings. The van der Waals surface area contributed by atoms with E-state index in [-0.39, 0.29) is 17.6 Å². The smallest absolute Gasteiger partial charge is 0.137 e. The number of pyridine rings is 1. The molecule has 7 heteroatoms. The molecule has 1 aliphatic carbocycles. The SMILES string of the molecule is C[C@H](C(=Nc1ccc(F)c(Br)c1)NO)C1CCC(c2ccnc3ccc(F)cc23)CC1. The van der Waals surface area contributed by atoms with Gasteiger partial charge in [-0.25, -0.2) is 13.8 Å². The second kappa shape index (κ2) is 9.40. The van der Waals surface area contributed by atoms with E-state index in [2.05, 4.69) is 31.4 Å². The number of nitrogens with one attached hydrogen (secondary N) is 1. The van der Waals surface area contributed by atoms with E-state index >= 15 is 0 Å². The number of fused-ring (bicyclic) bond motifs is 1. The highest BCUT2D eigenvalue weighted by molar-refractivity contribution is 9.10. The Kier molecular flexibility index (Phi) is 6.62. The highest BCUT2D eigenvalue weighted by Crippen LogP contribution is 2.41. The van der Waals surface area contributed by atoms with Gasteiger partial charge in [-0.2, -0.15) is 0 Å². The molecule has 0 saturated heterocycles. The van der Waals surface area contributed by atoms with Crippen LogP contribution >= 0.6 is 15.9 Å². The predicted molar refractivity (Wildman–Crippen MR) is 122 cm³/mol. The van der Waals surface area contributed by atoms with Crippen LogP contribution in [0.1, 0.15) is 44.1 Å². The van der Waals surface area contributed by atoms with E-state index in [1.54, 1.807) is 30.5 Å². The van der Waals surface area contributed by atoms with Gasteiger partial charge < -0.3 is 0 Å². The van der Waals surface area contributed by atoms with Crippen LogP contribution in [0.3, 0.4) is 0 Å². The van der Waals surface area contributed by atoms with Crippen molar-refractivity contribution in [1.82, 2.24) is 10.5 Å². The molecule has 4 rings (SSSR count). The second-order valence-corrected chi connectivity index (χ2v) is 9.02. The number of nitrogens with zero attached hydrogens (tertiary/aromatic N) is 2. The Morgan fingerprint density at radius 1 is 1.13 bits per heavy atom. The van der Waals surface area contributed by atoms with Gasteiger partial charge in [0.15, 0.2) is 0 Å². The van der Waals surface area contributed by atoms with Gasteiger partial charge in [-0.1, -0.05) is 6.92 Å². The molecule has 162 valence electrons. The molecule has 4 nitrogen and oxygen atoms in total. The Hall–Kier alpha value is -2.38. The van der Waals surface area contributed by atoms with Crippen LogP contribution in [0.25, 0.3) is 10.9 Å². The molecule has 1 heterocycles. The fourth-order valence-corrected chi connectivity index (χ4v) is 4.94. The summed E-state index contributed by atoms with van der Waals surface area (Å²) in [6.45, 7) is 2.04. The normalized spacial score (nSPS) is 20.6. The third kappa shape index (κ3) is 4.77. The lowest BCUT2D eigenvalue weighted by Gasteiger charge is -2.33. The summed E-state index contributed by atoms with van der Waals surface area (Å²) in [7, 11) is 0. The molecular weight excluding hydrogens is 464 g/mol. The molecule has 1 saturated carbocycles. The van der Waals surface area contributed by atoms with E-state index in [4.69, 9.17) is 0 Å². The number of amidine groups is 1. The zero-order valence-electron chi connectivity index (χ0n) is 17.2. The number of aromatic nitrogens is 1. The van der Waals surface area contributed by atoms with Gasteiger partial charge in [-0.3, -0.25) is 15.7 Å². The molecule has 0 radical (unpaired) electrons. The first-order valence-electron chi connectivity index (χ1n) is 10.4. The Labute approximate surface area is 188 Å². The molecule has 2 N–H and O–H groups in total. The van der Waals surface area contributed by atoms with Gasteiger partial charge >= 0.3 is 0 Å². The molecule has 0 aliphatic heterocycles. The first-order valence-corrected chi connectivity index (χ1v) is 11.2. The quantitative estimate of drug-likeness (QED) is 0.239. The van der Waals surface area contributed by atoms with E-state index in [0.29, 0.717) is 27.8 Å². The minimum atomic E-state index is -0.354. The van der Waals surface area contributed by atoms with Crippen molar-refractivity contribution in [3.05, 3.63) is 70.3 Å². The number of aliphatic imine (C=N–C) groups is 1. The van der Waals surface area contributed by atoms with Crippen molar-refractivity contribution < 1.29 is 14.0 Å². The minimum Gasteiger partial charge on any atom is -0.290 e. The molecular formula is C24H24BrF2N3O. The summed E-state index contributed by atoms with van der Waals surface area (Å²) in [6, 6.07) is 11.3. The van der Waals surface area contributed by atoms with E-state index < -0.39 is 0 Å². The second-order valence-electron chi connectivity index (χ2n) is 8.17. The third-order valence-corrected chi connectivity index (χ3v) is 6.96. The number of hydroxylamine groups is 1. The van der Waals surface area contributed by atoms with Crippen LogP contribution in [0.15, 0.2) is 58.1 Å². The zero-order valence-corrected chi connectivity index (χ0v) is 18.7. The van der Waals surface area contributed by atoms with Crippen molar-refractivity contribution >= 4 is 38.4 Å². The van der Waals surface area contributed by atoms with Crippen LogP contribution in [0.4, 0.5) is 14.5 Å². The summed E-state index contributed by atoms with van der Waals surface area (Å²) in [5.74, 6) is 0.591. The van der Waals surface area contributed by atoms with Gasteiger partial charge in [0.1, 0.15) is 17.5 Å². The molecule has 1 atom stereocenters.